The van der Waals surface area contributed by atoms with Crippen LogP contribution >= 0.6 is 11.6 Å². The molecule has 0 aliphatic heterocycles. The molecular formula is C16H23ClN2O4S. The van der Waals surface area contributed by atoms with E-state index in [2.05, 4.69) is 10.6 Å². The van der Waals surface area contributed by atoms with Crippen LogP contribution in [-0.2, 0) is 19.4 Å². The van der Waals surface area contributed by atoms with Crippen LogP contribution in [0.15, 0.2) is 24.3 Å². The first-order chi connectivity index (χ1) is 11.1. The molecule has 0 aliphatic carbocycles. The maximum Gasteiger partial charge on any atom is 0.238 e. The van der Waals surface area contributed by atoms with Crippen LogP contribution in [0.25, 0.3) is 0 Å². The molecule has 1 atom stereocenters. The third-order valence-electron chi connectivity index (χ3n) is 3.53. The number of hydrogen-bond acceptors (Lipinski definition) is 4. The fourth-order valence-corrected chi connectivity index (χ4v) is 3.24. The molecule has 1 aromatic rings. The van der Waals surface area contributed by atoms with Crippen molar-refractivity contribution in [3.63, 3.8) is 0 Å². The molecule has 0 aromatic heterocycles. The van der Waals surface area contributed by atoms with Gasteiger partial charge in [0.05, 0.1) is 5.25 Å². The second-order valence-electron chi connectivity index (χ2n) is 5.73. The number of carbonyl (C=O) groups is 2. The first-order valence-electron chi connectivity index (χ1n) is 7.70. The molecule has 6 nitrogen and oxygen atoms in total. The van der Waals surface area contributed by atoms with Gasteiger partial charge in [-0.15, -0.1) is 0 Å². The van der Waals surface area contributed by atoms with E-state index in [4.69, 9.17) is 11.6 Å². The standard InChI is InChI=1S/C16H23ClN2O4S/c1-11(2)24(22,23)12(3)16(21)18-10-4-5-15(20)19-14-8-6-13(17)7-9-14/h6-9,11-12H,4-5,10H2,1-3H3,(H,18,21)(H,19,20). The van der Waals surface area contributed by atoms with Crippen molar-refractivity contribution in [2.24, 2.45) is 0 Å². The lowest BCUT2D eigenvalue weighted by Crippen LogP contribution is -2.41. The molecule has 8 heteroatoms. The smallest absolute Gasteiger partial charge is 0.238 e. The summed E-state index contributed by atoms with van der Waals surface area (Å²) in [7, 11) is -3.48. The predicted octanol–water partition coefficient (Wildman–Crippen LogP) is 2.39. The quantitative estimate of drug-likeness (QED) is 0.683. The summed E-state index contributed by atoms with van der Waals surface area (Å²) in [4.78, 5) is 23.6. The Labute approximate surface area is 147 Å². The summed E-state index contributed by atoms with van der Waals surface area (Å²) in [5, 5.41) is 4.15. The SMILES string of the molecule is CC(C)S(=O)(=O)C(C)C(=O)NCCCC(=O)Nc1ccc(Cl)cc1. The van der Waals surface area contributed by atoms with Crippen LogP contribution in [0.4, 0.5) is 5.69 Å². The molecule has 0 saturated heterocycles. The minimum absolute atomic E-state index is 0.186. The summed E-state index contributed by atoms with van der Waals surface area (Å²) in [6, 6.07) is 6.74. The predicted molar refractivity (Wildman–Crippen MR) is 95.8 cm³/mol. The molecule has 2 N–H and O–H groups in total. The third-order valence-corrected chi connectivity index (χ3v) is 6.29. The molecule has 2 amide bonds. The van der Waals surface area contributed by atoms with Gasteiger partial charge in [-0.3, -0.25) is 9.59 Å². The van der Waals surface area contributed by atoms with Crippen molar-refractivity contribution in [3.8, 4) is 0 Å². The average molecular weight is 375 g/mol. The number of carbonyl (C=O) groups excluding carboxylic acids is 2. The van der Waals surface area contributed by atoms with Gasteiger partial charge in [-0.1, -0.05) is 11.6 Å². The van der Waals surface area contributed by atoms with Crippen molar-refractivity contribution >= 4 is 38.9 Å². The number of rotatable bonds is 8. The summed E-state index contributed by atoms with van der Waals surface area (Å²) in [5.41, 5.74) is 0.644. The highest BCUT2D eigenvalue weighted by Crippen LogP contribution is 2.13. The van der Waals surface area contributed by atoms with E-state index in [0.717, 1.165) is 0 Å². The maximum atomic E-state index is 11.9. The number of anilines is 1. The molecule has 0 bridgehead atoms. The number of hydrogen-bond donors (Lipinski definition) is 2. The van der Waals surface area contributed by atoms with Crippen molar-refractivity contribution in [2.75, 3.05) is 11.9 Å². The molecule has 1 rings (SSSR count). The van der Waals surface area contributed by atoms with Crippen molar-refractivity contribution in [1.29, 1.82) is 0 Å². The summed E-state index contributed by atoms with van der Waals surface area (Å²) >= 11 is 5.76. The second kappa shape index (κ2) is 9.03. The lowest BCUT2D eigenvalue weighted by atomic mass is 10.2. The lowest BCUT2D eigenvalue weighted by Gasteiger charge is -2.15. The average Bonchev–Trinajstić information content (AvgIpc) is 2.52. The van der Waals surface area contributed by atoms with Gasteiger partial charge in [0.25, 0.3) is 0 Å². The molecule has 1 aromatic carbocycles. The Kier molecular flexibility index (Phi) is 7.69. The Morgan fingerprint density at radius 3 is 2.25 bits per heavy atom. The Hall–Kier alpha value is -1.60. The summed E-state index contributed by atoms with van der Waals surface area (Å²) in [6.07, 6.45) is 0.633. The zero-order valence-corrected chi connectivity index (χ0v) is 15.6. The van der Waals surface area contributed by atoms with Crippen LogP contribution in [0, 0.1) is 0 Å². The van der Waals surface area contributed by atoms with Crippen molar-refractivity contribution in [2.45, 2.75) is 44.1 Å². The largest absolute Gasteiger partial charge is 0.355 e. The van der Waals surface area contributed by atoms with Crippen LogP contribution in [0.2, 0.25) is 5.02 Å². The van der Waals surface area contributed by atoms with Crippen LogP contribution in [0.3, 0.4) is 0 Å². The van der Waals surface area contributed by atoms with Crippen molar-refractivity contribution < 1.29 is 18.0 Å². The zero-order chi connectivity index (χ0) is 18.3. The molecule has 134 valence electrons. The molecule has 1 unspecified atom stereocenters. The fourth-order valence-electron chi connectivity index (χ4n) is 1.92. The Morgan fingerprint density at radius 2 is 1.71 bits per heavy atom. The van der Waals surface area contributed by atoms with E-state index in [9.17, 15) is 18.0 Å². The minimum atomic E-state index is -3.48. The van der Waals surface area contributed by atoms with Gasteiger partial charge < -0.3 is 10.6 Å². The van der Waals surface area contributed by atoms with Gasteiger partial charge in [0, 0.05) is 23.7 Å². The fraction of sp³-hybridized carbons (Fsp3) is 0.500. The Morgan fingerprint density at radius 1 is 1.12 bits per heavy atom. The van der Waals surface area contributed by atoms with Gasteiger partial charge in [-0.25, -0.2) is 8.42 Å². The van der Waals surface area contributed by atoms with E-state index in [1.807, 2.05) is 0 Å². The van der Waals surface area contributed by atoms with Crippen LogP contribution < -0.4 is 10.6 Å². The van der Waals surface area contributed by atoms with E-state index in [0.29, 0.717) is 17.1 Å². The number of halogens is 1. The van der Waals surface area contributed by atoms with E-state index in [1.54, 1.807) is 38.1 Å². The number of amides is 2. The summed E-state index contributed by atoms with van der Waals surface area (Å²) < 4.78 is 23.8. The molecule has 0 spiro atoms. The van der Waals surface area contributed by atoms with Crippen LogP contribution in [-0.4, -0.2) is 37.3 Å². The zero-order valence-electron chi connectivity index (χ0n) is 14.0. The van der Waals surface area contributed by atoms with Gasteiger partial charge in [0.15, 0.2) is 9.84 Å². The summed E-state index contributed by atoms with van der Waals surface area (Å²) in [6.45, 7) is 4.70. The first kappa shape index (κ1) is 20.4. The normalized spacial score (nSPS) is 12.7. The molecule has 0 heterocycles. The lowest BCUT2D eigenvalue weighted by molar-refractivity contribution is -0.121. The molecule has 0 aliphatic rings. The Bertz CT molecular complexity index is 672. The molecule has 0 fully saturated rings. The van der Waals surface area contributed by atoms with E-state index < -0.39 is 26.2 Å². The monoisotopic (exact) mass is 374 g/mol. The number of sulfone groups is 1. The van der Waals surface area contributed by atoms with Crippen LogP contribution in [0.5, 0.6) is 0 Å². The molecule has 24 heavy (non-hydrogen) atoms. The minimum Gasteiger partial charge on any atom is -0.355 e. The first-order valence-corrected chi connectivity index (χ1v) is 9.69. The highest BCUT2D eigenvalue weighted by atomic mass is 35.5. The van der Waals surface area contributed by atoms with E-state index in [1.165, 1.54) is 6.92 Å². The van der Waals surface area contributed by atoms with Crippen molar-refractivity contribution in [3.05, 3.63) is 29.3 Å². The third kappa shape index (κ3) is 6.13. The molecule has 0 saturated carbocycles. The second-order valence-corrected chi connectivity index (χ2v) is 8.99. The van der Waals surface area contributed by atoms with E-state index >= 15 is 0 Å². The number of benzene rings is 1. The maximum absolute atomic E-state index is 11.9. The molecular weight excluding hydrogens is 352 g/mol. The van der Waals surface area contributed by atoms with Crippen LogP contribution in [0.1, 0.15) is 33.6 Å². The summed E-state index contributed by atoms with van der Waals surface area (Å²) in [5.74, 6) is -0.726. The van der Waals surface area contributed by atoms with Gasteiger partial charge >= 0.3 is 0 Å². The van der Waals surface area contributed by atoms with Gasteiger partial charge in [-0.2, -0.15) is 0 Å². The highest BCUT2D eigenvalue weighted by Gasteiger charge is 2.30. The van der Waals surface area contributed by atoms with E-state index in [-0.39, 0.29) is 18.9 Å². The number of nitrogens with one attached hydrogen (secondary N) is 2. The van der Waals surface area contributed by atoms with Gasteiger partial charge in [-0.05, 0) is 51.5 Å². The van der Waals surface area contributed by atoms with Crippen molar-refractivity contribution in [1.82, 2.24) is 5.32 Å². The molecule has 0 radical (unpaired) electrons. The topological polar surface area (TPSA) is 92.3 Å². The van der Waals surface area contributed by atoms with Gasteiger partial charge in [0.1, 0.15) is 5.25 Å². The highest BCUT2D eigenvalue weighted by molar-refractivity contribution is 7.93. The Balaban J connectivity index is 2.34. The van der Waals surface area contributed by atoms with Gasteiger partial charge in [0.2, 0.25) is 11.8 Å².